The topological polar surface area (TPSA) is 70.0 Å². The average Bonchev–Trinajstić information content (AvgIpc) is 3.59. The molecule has 0 radical (unpaired) electrons. The van der Waals surface area contributed by atoms with Crippen molar-refractivity contribution in [3.8, 4) is 17.5 Å². The Morgan fingerprint density at radius 2 is 1.86 bits per heavy atom. The first kappa shape index (κ1) is 22.1. The predicted octanol–water partition coefficient (Wildman–Crippen LogP) is 5.46. The summed E-state index contributed by atoms with van der Waals surface area (Å²) >= 11 is 7.73. The molecule has 0 aliphatic carbocycles. The van der Waals surface area contributed by atoms with Crippen molar-refractivity contribution in [1.29, 1.82) is 0 Å². The number of aromatic hydroxyl groups is 1. The van der Waals surface area contributed by atoms with Crippen LogP contribution in [0, 0.1) is 5.82 Å². The fraction of sp³-hybridized carbons (Fsp3) is 0.200. The lowest BCUT2D eigenvalue weighted by molar-refractivity contribution is 0.210. The van der Waals surface area contributed by atoms with E-state index in [-0.39, 0.29) is 17.7 Å². The number of aromatic nitrogens is 3. The number of piperazine rings is 1. The van der Waals surface area contributed by atoms with Crippen molar-refractivity contribution in [2.75, 3.05) is 31.1 Å². The second kappa shape index (κ2) is 8.99. The van der Waals surface area contributed by atoms with Crippen LogP contribution in [0.1, 0.15) is 16.5 Å². The van der Waals surface area contributed by atoms with Gasteiger partial charge in [-0.25, -0.2) is 4.39 Å². The summed E-state index contributed by atoms with van der Waals surface area (Å²) < 4.78 is 21.2. The standard InChI is InChI=1S/C25H21ClFN5O2S/c26-17-6-3-5-16(15-17)21(31-12-10-30(11-13-31)19-8-2-1-7-18(19)27)22-24(33)32-25(35-22)28-23(29-32)20-9-4-14-34-20/h1-9,14-15,21,33H,10-13H2. The third-order valence-corrected chi connectivity index (χ3v) is 7.53. The van der Waals surface area contributed by atoms with Crippen LogP contribution in [0.5, 0.6) is 5.88 Å². The van der Waals surface area contributed by atoms with Gasteiger partial charge in [-0.15, -0.1) is 5.10 Å². The van der Waals surface area contributed by atoms with Gasteiger partial charge in [0.1, 0.15) is 5.82 Å². The van der Waals surface area contributed by atoms with Crippen molar-refractivity contribution in [3.63, 3.8) is 0 Å². The first-order valence-corrected chi connectivity index (χ1v) is 12.4. The van der Waals surface area contributed by atoms with E-state index in [9.17, 15) is 9.50 Å². The SMILES string of the molecule is Oc1c(C(c2cccc(Cl)c2)N2CCN(c3ccccc3F)CC2)sc2nc(-c3ccco3)nn12. The van der Waals surface area contributed by atoms with Gasteiger partial charge >= 0.3 is 0 Å². The number of benzene rings is 2. The van der Waals surface area contributed by atoms with Crippen molar-refractivity contribution in [2.24, 2.45) is 0 Å². The van der Waals surface area contributed by atoms with E-state index in [0.717, 1.165) is 10.4 Å². The van der Waals surface area contributed by atoms with Crippen LogP contribution in [0.15, 0.2) is 71.3 Å². The summed E-state index contributed by atoms with van der Waals surface area (Å²) in [5.41, 5.74) is 1.57. The highest BCUT2D eigenvalue weighted by Crippen LogP contribution is 2.41. The Morgan fingerprint density at radius 1 is 1.03 bits per heavy atom. The van der Waals surface area contributed by atoms with Gasteiger partial charge < -0.3 is 14.4 Å². The molecule has 0 saturated carbocycles. The molecular weight excluding hydrogens is 489 g/mol. The number of hydrogen-bond acceptors (Lipinski definition) is 7. The number of fused-ring (bicyclic) bond motifs is 1. The summed E-state index contributed by atoms with van der Waals surface area (Å²) in [5.74, 6) is 0.776. The number of rotatable bonds is 5. The highest BCUT2D eigenvalue weighted by atomic mass is 35.5. The van der Waals surface area contributed by atoms with Crippen LogP contribution in [0.3, 0.4) is 0 Å². The zero-order chi connectivity index (χ0) is 23.9. The summed E-state index contributed by atoms with van der Waals surface area (Å²) in [6.45, 7) is 2.66. The number of hydrogen-bond donors (Lipinski definition) is 1. The molecule has 1 atom stereocenters. The quantitative estimate of drug-likeness (QED) is 0.339. The Balaban J connectivity index is 1.35. The molecule has 0 spiro atoms. The van der Waals surface area contributed by atoms with Crippen molar-refractivity contribution in [1.82, 2.24) is 19.5 Å². The third-order valence-electron chi connectivity index (χ3n) is 6.23. The van der Waals surface area contributed by atoms with Crippen molar-refractivity contribution >= 4 is 33.6 Å². The first-order valence-electron chi connectivity index (χ1n) is 11.2. The molecule has 7 nitrogen and oxygen atoms in total. The van der Waals surface area contributed by atoms with E-state index in [4.69, 9.17) is 16.0 Å². The van der Waals surface area contributed by atoms with Gasteiger partial charge in [0.2, 0.25) is 16.7 Å². The Kier molecular flexibility index (Phi) is 5.68. The molecule has 4 heterocycles. The van der Waals surface area contributed by atoms with Gasteiger partial charge in [-0.3, -0.25) is 4.90 Å². The number of furan rings is 1. The lowest BCUT2D eigenvalue weighted by atomic mass is 10.0. The number of nitrogens with zero attached hydrogens (tertiary/aromatic N) is 5. The monoisotopic (exact) mass is 509 g/mol. The van der Waals surface area contributed by atoms with E-state index in [1.165, 1.54) is 21.9 Å². The van der Waals surface area contributed by atoms with Crippen LogP contribution >= 0.6 is 22.9 Å². The Hall–Kier alpha value is -3.40. The minimum atomic E-state index is -0.253. The lowest BCUT2D eigenvalue weighted by Crippen LogP contribution is -2.48. The number of anilines is 1. The molecule has 1 aliphatic rings. The van der Waals surface area contributed by atoms with Gasteiger partial charge in [0, 0.05) is 31.2 Å². The van der Waals surface area contributed by atoms with Gasteiger partial charge in [0.25, 0.3) is 0 Å². The summed E-state index contributed by atoms with van der Waals surface area (Å²) in [7, 11) is 0. The minimum absolute atomic E-state index is 0.0387. The fourth-order valence-corrected chi connectivity index (χ4v) is 5.89. The van der Waals surface area contributed by atoms with Gasteiger partial charge in [-0.05, 0) is 42.0 Å². The molecule has 3 aromatic heterocycles. The fourth-order valence-electron chi connectivity index (χ4n) is 4.57. The predicted molar refractivity (Wildman–Crippen MR) is 134 cm³/mol. The number of thiazole rings is 1. The summed E-state index contributed by atoms with van der Waals surface area (Å²) in [4.78, 5) is 10.2. The van der Waals surface area contributed by atoms with Crippen LogP contribution in [-0.4, -0.2) is 50.8 Å². The second-order valence-corrected chi connectivity index (χ2v) is 9.77. The molecule has 2 aromatic carbocycles. The van der Waals surface area contributed by atoms with E-state index in [2.05, 4.69) is 19.9 Å². The minimum Gasteiger partial charge on any atom is -0.492 e. The second-order valence-electron chi connectivity index (χ2n) is 8.33. The summed E-state index contributed by atoms with van der Waals surface area (Å²) in [5, 5.41) is 16.3. The van der Waals surface area contributed by atoms with Gasteiger partial charge in [-0.1, -0.05) is 47.2 Å². The zero-order valence-electron chi connectivity index (χ0n) is 18.5. The van der Waals surface area contributed by atoms with Crippen LogP contribution < -0.4 is 4.90 Å². The van der Waals surface area contributed by atoms with Gasteiger partial charge in [0.15, 0.2) is 5.76 Å². The molecule has 178 valence electrons. The van der Waals surface area contributed by atoms with E-state index in [0.29, 0.717) is 53.4 Å². The molecule has 10 heteroatoms. The Bertz CT molecular complexity index is 1480. The van der Waals surface area contributed by atoms with Crippen molar-refractivity contribution in [2.45, 2.75) is 6.04 Å². The lowest BCUT2D eigenvalue weighted by Gasteiger charge is -2.40. The average molecular weight is 510 g/mol. The largest absolute Gasteiger partial charge is 0.492 e. The molecule has 0 amide bonds. The maximum absolute atomic E-state index is 14.3. The summed E-state index contributed by atoms with van der Waals surface area (Å²) in [6, 6.07) is 17.8. The Morgan fingerprint density at radius 3 is 2.57 bits per heavy atom. The molecule has 1 unspecified atom stereocenters. The molecule has 1 aliphatic heterocycles. The van der Waals surface area contributed by atoms with Gasteiger partial charge in [0.05, 0.1) is 22.9 Å². The normalized spacial score (nSPS) is 15.7. The molecule has 1 saturated heterocycles. The third kappa shape index (κ3) is 4.05. The zero-order valence-corrected chi connectivity index (χ0v) is 20.1. The maximum atomic E-state index is 14.3. The van der Waals surface area contributed by atoms with Crippen LogP contribution in [-0.2, 0) is 0 Å². The van der Waals surface area contributed by atoms with E-state index in [1.807, 2.05) is 36.4 Å². The smallest absolute Gasteiger partial charge is 0.230 e. The number of halogens is 2. The molecule has 5 aromatic rings. The van der Waals surface area contributed by atoms with Crippen LogP contribution in [0.2, 0.25) is 5.02 Å². The first-order chi connectivity index (χ1) is 17.1. The highest BCUT2D eigenvalue weighted by molar-refractivity contribution is 7.17. The van der Waals surface area contributed by atoms with E-state index < -0.39 is 0 Å². The van der Waals surface area contributed by atoms with E-state index >= 15 is 0 Å². The van der Waals surface area contributed by atoms with Crippen molar-refractivity contribution < 1.29 is 13.9 Å². The van der Waals surface area contributed by atoms with Gasteiger partial charge in [-0.2, -0.15) is 9.50 Å². The molecular formula is C25H21ClFN5O2S. The van der Waals surface area contributed by atoms with Crippen LogP contribution in [0.25, 0.3) is 16.5 Å². The molecule has 35 heavy (non-hydrogen) atoms. The summed E-state index contributed by atoms with van der Waals surface area (Å²) in [6.07, 6.45) is 1.56. The van der Waals surface area contributed by atoms with Crippen LogP contribution in [0.4, 0.5) is 10.1 Å². The maximum Gasteiger partial charge on any atom is 0.230 e. The highest BCUT2D eigenvalue weighted by Gasteiger charge is 2.32. The Labute approximate surface area is 209 Å². The molecule has 6 rings (SSSR count). The molecule has 1 N–H and O–H groups in total. The number of para-hydroxylation sites is 1. The molecule has 1 fully saturated rings. The molecule has 0 bridgehead atoms. The van der Waals surface area contributed by atoms with E-state index in [1.54, 1.807) is 24.5 Å². The van der Waals surface area contributed by atoms with Crippen molar-refractivity contribution in [3.05, 3.63) is 88.2 Å².